The molecule has 2 N–H and O–H groups in total. The molecule has 0 radical (unpaired) electrons. The molecule has 178 valence electrons. The zero-order valence-electron chi connectivity index (χ0n) is 19.4. The number of amides is 1. The van der Waals surface area contributed by atoms with E-state index in [-0.39, 0.29) is 18.1 Å². The molecule has 1 atom stereocenters. The SMILES string of the molecule is CC(C)(C)OC(=O)N[C@@H]1CCCN(c2nc3c(Br)c[nH]c3c(=O)n2Cc2ccccc2C#N)C1. The van der Waals surface area contributed by atoms with Gasteiger partial charge >= 0.3 is 6.09 Å². The van der Waals surface area contributed by atoms with Crippen molar-refractivity contribution < 1.29 is 9.53 Å². The van der Waals surface area contributed by atoms with Crippen LogP contribution in [0.4, 0.5) is 10.7 Å². The number of H-pyrrole nitrogens is 1. The summed E-state index contributed by atoms with van der Waals surface area (Å²) in [5, 5.41) is 12.5. The van der Waals surface area contributed by atoms with Gasteiger partial charge in [-0.1, -0.05) is 18.2 Å². The maximum atomic E-state index is 13.5. The van der Waals surface area contributed by atoms with Gasteiger partial charge in [-0.25, -0.2) is 9.78 Å². The molecule has 3 heterocycles. The highest BCUT2D eigenvalue weighted by Gasteiger charge is 2.28. The van der Waals surface area contributed by atoms with E-state index in [4.69, 9.17) is 9.72 Å². The Morgan fingerprint density at radius 2 is 2.15 bits per heavy atom. The topological polar surface area (TPSA) is 116 Å². The maximum absolute atomic E-state index is 13.5. The molecule has 9 nitrogen and oxygen atoms in total. The van der Waals surface area contributed by atoms with Crippen molar-refractivity contribution in [2.75, 3.05) is 18.0 Å². The fourth-order valence-electron chi connectivity index (χ4n) is 4.12. The standard InChI is InChI=1S/C24H27BrN6O3/c1-24(2,3)34-23(33)28-17-9-6-10-30(14-17)22-29-19-18(25)12-27-20(19)21(32)31(22)13-16-8-5-4-7-15(16)11-26/h4-5,7-8,12,17,27H,6,9-10,13-14H2,1-3H3,(H,28,33)/t17-/m1/s1. The Labute approximate surface area is 205 Å². The Balaban J connectivity index is 1.70. The first kappa shape index (κ1) is 23.8. The average molecular weight is 527 g/mol. The molecular weight excluding hydrogens is 500 g/mol. The van der Waals surface area contributed by atoms with Crippen LogP contribution in [0, 0.1) is 11.3 Å². The quantitative estimate of drug-likeness (QED) is 0.532. The van der Waals surface area contributed by atoms with Crippen LogP contribution in [0.3, 0.4) is 0 Å². The number of rotatable bonds is 4. The van der Waals surface area contributed by atoms with Gasteiger partial charge in [-0.2, -0.15) is 5.26 Å². The van der Waals surface area contributed by atoms with Gasteiger partial charge in [0.1, 0.15) is 16.6 Å². The van der Waals surface area contributed by atoms with Gasteiger partial charge in [-0.15, -0.1) is 0 Å². The van der Waals surface area contributed by atoms with Crippen LogP contribution in [0.2, 0.25) is 0 Å². The molecule has 1 aliphatic rings. The summed E-state index contributed by atoms with van der Waals surface area (Å²) in [6.07, 6.45) is 2.85. The first-order chi connectivity index (χ1) is 16.2. The van der Waals surface area contributed by atoms with Crippen LogP contribution in [-0.4, -0.2) is 45.4 Å². The summed E-state index contributed by atoms with van der Waals surface area (Å²) in [7, 11) is 0. The van der Waals surface area contributed by atoms with E-state index in [1.807, 2.05) is 37.8 Å². The van der Waals surface area contributed by atoms with Gasteiger partial charge in [-0.3, -0.25) is 9.36 Å². The molecule has 3 aromatic rings. The van der Waals surface area contributed by atoms with E-state index in [0.717, 1.165) is 18.4 Å². The predicted octanol–water partition coefficient (Wildman–Crippen LogP) is 3.90. The largest absolute Gasteiger partial charge is 0.444 e. The number of fused-ring (bicyclic) bond motifs is 1. The maximum Gasteiger partial charge on any atom is 0.407 e. The van der Waals surface area contributed by atoms with E-state index in [9.17, 15) is 14.9 Å². The van der Waals surface area contributed by atoms with Crippen molar-refractivity contribution in [2.45, 2.75) is 51.8 Å². The first-order valence-corrected chi connectivity index (χ1v) is 12.0. The molecule has 34 heavy (non-hydrogen) atoms. The molecule has 0 spiro atoms. The highest BCUT2D eigenvalue weighted by Crippen LogP contribution is 2.25. The monoisotopic (exact) mass is 526 g/mol. The Bertz CT molecular complexity index is 1320. The van der Waals surface area contributed by atoms with Gasteiger partial charge in [0.25, 0.3) is 5.56 Å². The molecule has 4 rings (SSSR count). The van der Waals surface area contributed by atoms with Gasteiger partial charge in [-0.05, 0) is 61.2 Å². The van der Waals surface area contributed by atoms with Crippen molar-refractivity contribution in [1.29, 1.82) is 5.26 Å². The van der Waals surface area contributed by atoms with Crippen LogP contribution in [0.5, 0.6) is 0 Å². The second-order valence-electron chi connectivity index (χ2n) is 9.36. The van der Waals surface area contributed by atoms with Crippen LogP contribution in [-0.2, 0) is 11.3 Å². The number of nitrogens with one attached hydrogen (secondary N) is 2. The summed E-state index contributed by atoms with van der Waals surface area (Å²) in [5.74, 6) is 0.501. The number of ether oxygens (including phenoxy) is 1. The third-order valence-electron chi connectivity index (χ3n) is 5.61. The molecule has 1 amide bonds. The molecule has 2 aromatic heterocycles. The van der Waals surface area contributed by atoms with Gasteiger partial charge < -0.3 is 19.9 Å². The average Bonchev–Trinajstić information content (AvgIpc) is 3.15. The highest BCUT2D eigenvalue weighted by molar-refractivity contribution is 9.10. The molecule has 0 aliphatic carbocycles. The lowest BCUT2D eigenvalue weighted by Gasteiger charge is -2.35. The Morgan fingerprint density at radius 1 is 1.38 bits per heavy atom. The van der Waals surface area contributed by atoms with E-state index < -0.39 is 11.7 Å². The van der Waals surface area contributed by atoms with Gasteiger partial charge in [0.15, 0.2) is 0 Å². The van der Waals surface area contributed by atoms with Gasteiger partial charge in [0.05, 0.1) is 22.7 Å². The third-order valence-corrected chi connectivity index (χ3v) is 6.21. The fourth-order valence-corrected chi connectivity index (χ4v) is 4.52. The summed E-state index contributed by atoms with van der Waals surface area (Å²) >= 11 is 3.47. The van der Waals surface area contributed by atoms with E-state index >= 15 is 0 Å². The van der Waals surface area contributed by atoms with Gasteiger partial charge in [0.2, 0.25) is 5.95 Å². The van der Waals surface area contributed by atoms with E-state index in [1.165, 1.54) is 0 Å². The molecule has 1 aromatic carbocycles. The number of carbonyl (C=O) groups excluding carboxylic acids is 1. The number of carbonyl (C=O) groups is 1. The number of hydrogen-bond donors (Lipinski definition) is 2. The minimum atomic E-state index is -0.583. The lowest BCUT2D eigenvalue weighted by atomic mass is 10.1. The number of aromatic amines is 1. The summed E-state index contributed by atoms with van der Waals surface area (Å²) in [6, 6.07) is 9.27. The minimum Gasteiger partial charge on any atom is -0.444 e. The Morgan fingerprint density at radius 3 is 2.88 bits per heavy atom. The number of halogens is 1. The van der Waals surface area contributed by atoms with Crippen molar-refractivity contribution in [2.24, 2.45) is 0 Å². The predicted molar refractivity (Wildman–Crippen MR) is 133 cm³/mol. The number of piperidine rings is 1. The minimum absolute atomic E-state index is 0.147. The number of hydrogen-bond acceptors (Lipinski definition) is 6. The summed E-state index contributed by atoms with van der Waals surface area (Å²) in [6.45, 7) is 6.85. The first-order valence-electron chi connectivity index (χ1n) is 11.2. The van der Waals surface area contributed by atoms with Crippen LogP contribution in [0.25, 0.3) is 11.0 Å². The Kier molecular flexibility index (Phi) is 6.66. The molecule has 10 heteroatoms. The second-order valence-corrected chi connectivity index (χ2v) is 10.2. The number of benzene rings is 1. The van der Waals surface area contributed by atoms with Crippen molar-refractivity contribution in [3.63, 3.8) is 0 Å². The van der Waals surface area contributed by atoms with E-state index in [2.05, 4.69) is 32.3 Å². The zero-order chi connectivity index (χ0) is 24.5. The smallest absolute Gasteiger partial charge is 0.407 e. The van der Waals surface area contributed by atoms with Crippen LogP contribution < -0.4 is 15.8 Å². The number of anilines is 1. The second kappa shape index (κ2) is 9.50. The normalized spacial score (nSPS) is 16.3. The number of nitrogens with zero attached hydrogens (tertiary/aromatic N) is 4. The number of nitriles is 1. The summed E-state index contributed by atoms with van der Waals surface area (Å²) in [5.41, 5.74) is 1.38. The lowest BCUT2D eigenvalue weighted by Crippen LogP contribution is -2.50. The van der Waals surface area contributed by atoms with Gasteiger partial charge in [0, 0.05) is 25.3 Å². The third kappa shape index (κ3) is 5.09. The van der Waals surface area contributed by atoms with E-state index in [1.54, 1.807) is 22.9 Å². The lowest BCUT2D eigenvalue weighted by molar-refractivity contribution is 0.0499. The van der Waals surface area contributed by atoms with Crippen molar-refractivity contribution >= 4 is 39.0 Å². The number of aromatic nitrogens is 3. The summed E-state index contributed by atoms with van der Waals surface area (Å²) < 4.78 is 7.71. The number of alkyl carbamates (subject to hydrolysis) is 1. The molecule has 1 aliphatic heterocycles. The van der Waals surface area contributed by atoms with Crippen LogP contribution in [0.15, 0.2) is 39.7 Å². The zero-order valence-corrected chi connectivity index (χ0v) is 21.0. The van der Waals surface area contributed by atoms with Crippen molar-refractivity contribution in [1.82, 2.24) is 19.9 Å². The van der Waals surface area contributed by atoms with Crippen LogP contribution >= 0.6 is 15.9 Å². The Hall–Kier alpha value is -3.32. The molecular formula is C24H27BrN6O3. The van der Waals surface area contributed by atoms with Crippen molar-refractivity contribution in [3.8, 4) is 6.07 Å². The molecule has 0 saturated carbocycles. The molecule has 1 saturated heterocycles. The van der Waals surface area contributed by atoms with Crippen molar-refractivity contribution in [3.05, 3.63) is 56.4 Å². The van der Waals surface area contributed by atoms with Crippen LogP contribution in [0.1, 0.15) is 44.7 Å². The molecule has 1 fully saturated rings. The van der Waals surface area contributed by atoms with E-state index in [0.29, 0.717) is 40.1 Å². The molecule has 0 unspecified atom stereocenters. The summed E-state index contributed by atoms with van der Waals surface area (Å²) in [4.78, 5) is 35.7. The highest BCUT2D eigenvalue weighted by atomic mass is 79.9. The fraction of sp³-hybridized carbons (Fsp3) is 0.417. The molecule has 0 bridgehead atoms.